The van der Waals surface area contributed by atoms with Gasteiger partial charge in [0.15, 0.2) is 0 Å². The van der Waals surface area contributed by atoms with Gasteiger partial charge < -0.3 is 9.64 Å². The molecule has 0 aromatic heterocycles. The maximum absolute atomic E-state index is 13.1. The molecule has 0 atom stereocenters. The van der Waals surface area contributed by atoms with Crippen molar-refractivity contribution in [3.8, 4) is 0 Å². The monoisotopic (exact) mass is 382 g/mol. The molecule has 0 unspecified atom stereocenters. The van der Waals surface area contributed by atoms with Gasteiger partial charge in [-0.3, -0.25) is 4.79 Å². The first-order valence-electron chi connectivity index (χ1n) is 9.45. The number of hydrogen-bond acceptors (Lipinski definition) is 4. The molecular weight excluding hydrogens is 352 g/mol. The van der Waals surface area contributed by atoms with Crippen molar-refractivity contribution in [2.45, 2.75) is 44.9 Å². The molecule has 1 heterocycles. The molecule has 0 saturated carbocycles. The molecule has 1 fully saturated rings. The third kappa shape index (κ3) is 4.64. The number of amides is 1. The van der Waals surface area contributed by atoms with Gasteiger partial charge in [0.25, 0.3) is 5.91 Å². The summed E-state index contributed by atoms with van der Waals surface area (Å²) in [7, 11) is -3.63. The number of hydrogen-bond donors (Lipinski definition) is 0. The van der Waals surface area contributed by atoms with Crippen LogP contribution in [0.2, 0.25) is 0 Å². The fourth-order valence-electron chi connectivity index (χ4n) is 3.08. The van der Waals surface area contributed by atoms with E-state index in [1.54, 1.807) is 23.1 Å². The van der Waals surface area contributed by atoms with Crippen LogP contribution in [0, 0.1) is 0 Å². The number of ether oxygens (including phenoxy) is 1. The van der Waals surface area contributed by atoms with Gasteiger partial charge in [0.05, 0.1) is 18.1 Å². The van der Waals surface area contributed by atoms with Crippen LogP contribution in [-0.4, -0.2) is 62.9 Å². The minimum Gasteiger partial charge on any atom is -0.379 e. The Hall–Kier alpha value is -1.44. The van der Waals surface area contributed by atoms with Gasteiger partial charge in [-0.05, 0) is 37.5 Å². The first-order chi connectivity index (χ1) is 12.5. The molecular formula is C19H30N2O4S. The maximum Gasteiger partial charge on any atom is 0.253 e. The molecule has 26 heavy (non-hydrogen) atoms. The number of rotatable bonds is 8. The van der Waals surface area contributed by atoms with E-state index in [1.807, 2.05) is 13.8 Å². The molecule has 1 aromatic rings. The van der Waals surface area contributed by atoms with Crippen molar-refractivity contribution in [1.29, 1.82) is 0 Å². The highest BCUT2D eigenvalue weighted by molar-refractivity contribution is 7.89. The molecule has 0 radical (unpaired) electrons. The van der Waals surface area contributed by atoms with Gasteiger partial charge in [0, 0.05) is 31.7 Å². The molecule has 0 N–H and O–H groups in total. The number of carbonyl (C=O) groups excluding carboxylic acids is 1. The smallest absolute Gasteiger partial charge is 0.253 e. The molecule has 1 saturated heterocycles. The van der Waals surface area contributed by atoms with E-state index >= 15 is 0 Å². The SMILES string of the molecule is CCCCN(CC)C(=O)c1ccc(CC)c(S(=O)(=O)N2CCOCC2)c1. The van der Waals surface area contributed by atoms with E-state index in [-0.39, 0.29) is 10.8 Å². The summed E-state index contributed by atoms with van der Waals surface area (Å²) >= 11 is 0. The first kappa shape index (κ1) is 20.9. The van der Waals surface area contributed by atoms with E-state index < -0.39 is 10.0 Å². The molecule has 2 rings (SSSR count). The lowest BCUT2D eigenvalue weighted by Gasteiger charge is -2.27. The zero-order valence-electron chi connectivity index (χ0n) is 16.0. The van der Waals surface area contributed by atoms with E-state index in [1.165, 1.54) is 4.31 Å². The molecule has 1 aliphatic heterocycles. The van der Waals surface area contributed by atoms with Gasteiger partial charge in [0.1, 0.15) is 0 Å². The fourth-order valence-corrected chi connectivity index (χ4v) is 4.81. The van der Waals surface area contributed by atoms with Crippen LogP contribution in [-0.2, 0) is 21.2 Å². The molecule has 146 valence electrons. The van der Waals surface area contributed by atoms with Crippen molar-refractivity contribution in [3.63, 3.8) is 0 Å². The number of morpholine rings is 1. The molecule has 1 amide bonds. The number of benzene rings is 1. The fraction of sp³-hybridized carbons (Fsp3) is 0.632. The summed E-state index contributed by atoms with van der Waals surface area (Å²) in [4.78, 5) is 14.9. The van der Waals surface area contributed by atoms with Gasteiger partial charge in [0.2, 0.25) is 10.0 Å². The normalized spacial score (nSPS) is 15.8. The highest BCUT2D eigenvalue weighted by atomic mass is 32.2. The molecule has 0 spiro atoms. The molecule has 7 heteroatoms. The van der Waals surface area contributed by atoms with E-state index in [0.717, 1.165) is 18.4 Å². The Labute approximate surface area is 157 Å². The van der Waals surface area contributed by atoms with Crippen molar-refractivity contribution >= 4 is 15.9 Å². The highest BCUT2D eigenvalue weighted by Crippen LogP contribution is 2.24. The lowest BCUT2D eigenvalue weighted by Crippen LogP contribution is -2.41. The van der Waals surface area contributed by atoms with Gasteiger partial charge in [-0.2, -0.15) is 4.31 Å². The summed E-state index contributed by atoms with van der Waals surface area (Å²) in [6.07, 6.45) is 2.54. The standard InChI is InChI=1S/C19H30N2O4S/c1-4-7-10-20(6-3)19(22)17-9-8-16(5-2)18(15-17)26(23,24)21-11-13-25-14-12-21/h8-9,15H,4-7,10-14H2,1-3H3. The van der Waals surface area contributed by atoms with E-state index in [9.17, 15) is 13.2 Å². The van der Waals surface area contributed by atoms with Gasteiger partial charge in [-0.25, -0.2) is 8.42 Å². The van der Waals surface area contributed by atoms with Crippen LogP contribution in [0.3, 0.4) is 0 Å². The largest absolute Gasteiger partial charge is 0.379 e. The van der Waals surface area contributed by atoms with Crippen molar-refractivity contribution in [1.82, 2.24) is 9.21 Å². The van der Waals surface area contributed by atoms with E-state index in [4.69, 9.17) is 4.74 Å². The van der Waals surface area contributed by atoms with Gasteiger partial charge in [-0.1, -0.05) is 26.3 Å². The second-order valence-electron chi connectivity index (χ2n) is 6.43. The summed E-state index contributed by atoms with van der Waals surface area (Å²) in [5, 5.41) is 0. The lowest BCUT2D eigenvalue weighted by molar-refractivity contribution is 0.0729. The number of carbonyl (C=O) groups is 1. The number of sulfonamides is 1. The van der Waals surface area contributed by atoms with Crippen LogP contribution in [0.15, 0.2) is 23.1 Å². The Kier molecular flexibility index (Phi) is 7.61. The predicted molar refractivity (Wildman–Crippen MR) is 102 cm³/mol. The average molecular weight is 383 g/mol. The molecule has 0 bridgehead atoms. The zero-order chi connectivity index (χ0) is 19.2. The third-order valence-corrected chi connectivity index (χ3v) is 6.71. The number of nitrogens with zero attached hydrogens (tertiary/aromatic N) is 2. The van der Waals surface area contributed by atoms with Crippen molar-refractivity contribution in [3.05, 3.63) is 29.3 Å². The van der Waals surface area contributed by atoms with E-state index in [0.29, 0.717) is 51.4 Å². The molecule has 0 aliphatic carbocycles. The Bertz CT molecular complexity index is 712. The zero-order valence-corrected chi connectivity index (χ0v) is 16.8. The summed E-state index contributed by atoms with van der Waals surface area (Å²) in [5.41, 5.74) is 1.18. The minimum atomic E-state index is -3.63. The first-order valence-corrected chi connectivity index (χ1v) is 10.9. The van der Waals surface area contributed by atoms with Crippen molar-refractivity contribution < 1.29 is 17.9 Å². The second kappa shape index (κ2) is 9.48. The summed E-state index contributed by atoms with van der Waals surface area (Å²) < 4.78 is 32.9. The third-order valence-electron chi connectivity index (χ3n) is 4.73. The molecule has 1 aliphatic rings. The summed E-state index contributed by atoms with van der Waals surface area (Å²) in [5.74, 6) is -0.109. The Balaban J connectivity index is 2.37. The number of unbranched alkanes of at least 4 members (excludes halogenated alkanes) is 1. The summed E-state index contributed by atoms with van der Waals surface area (Å²) in [6.45, 7) is 8.75. The van der Waals surface area contributed by atoms with E-state index in [2.05, 4.69) is 6.92 Å². The average Bonchev–Trinajstić information content (AvgIpc) is 2.68. The molecule has 6 nitrogen and oxygen atoms in total. The topological polar surface area (TPSA) is 66.9 Å². The highest BCUT2D eigenvalue weighted by Gasteiger charge is 2.29. The van der Waals surface area contributed by atoms with Crippen molar-refractivity contribution in [2.75, 3.05) is 39.4 Å². The van der Waals surface area contributed by atoms with Crippen LogP contribution >= 0.6 is 0 Å². The predicted octanol–water partition coefficient (Wildman–Crippen LogP) is 2.53. The quantitative estimate of drug-likeness (QED) is 0.693. The van der Waals surface area contributed by atoms with Gasteiger partial charge >= 0.3 is 0 Å². The Morgan fingerprint density at radius 3 is 2.46 bits per heavy atom. The Morgan fingerprint density at radius 2 is 1.88 bits per heavy atom. The van der Waals surface area contributed by atoms with Crippen LogP contribution in [0.1, 0.15) is 49.5 Å². The molecule has 1 aromatic carbocycles. The van der Waals surface area contributed by atoms with Crippen LogP contribution in [0.4, 0.5) is 0 Å². The number of aryl methyl sites for hydroxylation is 1. The lowest BCUT2D eigenvalue weighted by atomic mass is 10.1. The van der Waals surface area contributed by atoms with Crippen LogP contribution in [0.25, 0.3) is 0 Å². The van der Waals surface area contributed by atoms with Crippen molar-refractivity contribution in [2.24, 2.45) is 0 Å². The van der Waals surface area contributed by atoms with Crippen LogP contribution < -0.4 is 0 Å². The van der Waals surface area contributed by atoms with Gasteiger partial charge in [-0.15, -0.1) is 0 Å². The van der Waals surface area contributed by atoms with Crippen LogP contribution in [0.5, 0.6) is 0 Å². The second-order valence-corrected chi connectivity index (χ2v) is 8.34. The maximum atomic E-state index is 13.1. The summed E-state index contributed by atoms with van der Waals surface area (Å²) in [6, 6.07) is 5.07. The minimum absolute atomic E-state index is 0.109. The Morgan fingerprint density at radius 1 is 1.19 bits per heavy atom.